The highest BCUT2D eigenvalue weighted by Gasteiger charge is 2.06. The first kappa shape index (κ1) is 13.4. The lowest BCUT2D eigenvalue weighted by Gasteiger charge is -2.10. The van der Waals surface area contributed by atoms with E-state index in [9.17, 15) is 0 Å². The quantitative estimate of drug-likeness (QED) is 0.832. The maximum Gasteiger partial charge on any atom is 0.134 e. The Morgan fingerprint density at radius 1 is 1.05 bits per heavy atom. The predicted octanol–water partition coefficient (Wildman–Crippen LogP) is 4.17. The van der Waals surface area contributed by atoms with E-state index in [1.165, 1.54) is 0 Å². The molecule has 2 aromatic carbocycles. The lowest BCUT2D eigenvalue weighted by molar-refractivity contribution is 0.481. The van der Waals surface area contributed by atoms with Crippen LogP contribution in [0, 0.1) is 29.6 Å². The summed E-state index contributed by atoms with van der Waals surface area (Å²) in [6, 6.07) is 14.5. The van der Waals surface area contributed by atoms with Crippen molar-refractivity contribution in [1.29, 1.82) is 10.5 Å². The SMILES string of the molecule is C=Cc1cc(C)ccc1Oc1ccc(C#N)c(C#N)c1. The summed E-state index contributed by atoms with van der Waals surface area (Å²) < 4.78 is 5.77. The molecule has 0 spiro atoms. The number of benzene rings is 2. The van der Waals surface area contributed by atoms with Gasteiger partial charge in [-0.1, -0.05) is 24.3 Å². The Bertz CT molecular complexity index is 749. The molecule has 3 nitrogen and oxygen atoms in total. The summed E-state index contributed by atoms with van der Waals surface area (Å²) in [6.07, 6.45) is 1.72. The van der Waals surface area contributed by atoms with Crippen LogP contribution in [-0.2, 0) is 0 Å². The molecule has 20 heavy (non-hydrogen) atoms. The normalized spacial score (nSPS) is 9.35. The average molecular weight is 260 g/mol. The van der Waals surface area contributed by atoms with Crippen LogP contribution in [-0.4, -0.2) is 0 Å². The van der Waals surface area contributed by atoms with Crippen molar-refractivity contribution in [2.24, 2.45) is 0 Å². The number of ether oxygens (including phenoxy) is 1. The van der Waals surface area contributed by atoms with Gasteiger partial charge in [-0.3, -0.25) is 0 Å². The van der Waals surface area contributed by atoms with Gasteiger partial charge in [0.25, 0.3) is 0 Å². The topological polar surface area (TPSA) is 56.8 Å². The van der Waals surface area contributed by atoms with Crippen molar-refractivity contribution in [3.63, 3.8) is 0 Å². The summed E-state index contributed by atoms with van der Waals surface area (Å²) in [6.45, 7) is 5.75. The van der Waals surface area contributed by atoms with E-state index in [0.29, 0.717) is 22.6 Å². The molecular formula is C17H12N2O. The van der Waals surface area contributed by atoms with Gasteiger partial charge in [-0.15, -0.1) is 0 Å². The third-order valence-corrected chi connectivity index (χ3v) is 2.84. The van der Waals surface area contributed by atoms with Crippen molar-refractivity contribution in [2.45, 2.75) is 6.92 Å². The minimum atomic E-state index is 0.303. The minimum absolute atomic E-state index is 0.303. The summed E-state index contributed by atoms with van der Waals surface area (Å²) in [5.41, 5.74) is 2.64. The third-order valence-electron chi connectivity index (χ3n) is 2.84. The summed E-state index contributed by atoms with van der Waals surface area (Å²) in [4.78, 5) is 0. The van der Waals surface area contributed by atoms with Crippen LogP contribution >= 0.6 is 0 Å². The first-order chi connectivity index (χ1) is 9.67. The highest BCUT2D eigenvalue weighted by molar-refractivity contribution is 5.58. The molecule has 0 amide bonds. The van der Waals surface area contributed by atoms with Gasteiger partial charge in [0.2, 0.25) is 0 Å². The summed E-state index contributed by atoms with van der Waals surface area (Å²) in [5.74, 6) is 1.19. The highest BCUT2D eigenvalue weighted by Crippen LogP contribution is 2.28. The molecule has 0 saturated carbocycles. The second-order valence-corrected chi connectivity index (χ2v) is 4.28. The summed E-state index contributed by atoms with van der Waals surface area (Å²) in [5, 5.41) is 17.9. The van der Waals surface area contributed by atoms with Gasteiger partial charge in [0, 0.05) is 5.56 Å². The predicted molar refractivity (Wildman–Crippen MR) is 77.2 cm³/mol. The van der Waals surface area contributed by atoms with Crippen molar-refractivity contribution >= 4 is 6.08 Å². The van der Waals surface area contributed by atoms with E-state index in [-0.39, 0.29) is 0 Å². The van der Waals surface area contributed by atoms with Crippen LogP contribution in [0.3, 0.4) is 0 Å². The van der Waals surface area contributed by atoms with Crippen LogP contribution in [0.25, 0.3) is 6.08 Å². The molecule has 96 valence electrons. The molecule has 0 aliphatic heterocycles. The van der Waals surface area contributed by atoms with Gasteiger partial charge in [-0.05, 0) is 37.3 Å². The zero-order valence-electron chi connectivity index (χ0n) is 11.1. The van der Waals surface area contributed by atoms with Crippen molar-refractivity contribution in [3.05, 3.63) is 65.2 Å². The Hall–Kier alpha value is -3.04. The zero-order valence-corrected chi connectivity index (χ0v) is 11.1. The van der Waals surface area contributed by atoms with E-state index in [1.807, 2.05) is 37.3 Å². The van der Waals surface area contributed by atoms with E-state index >= 15 is 0 Å². The number of aryl methyl sites for hydroxylation is 1. The number of hydrogen-bond acceptors (Lipinski definition) is 3. The molecule has 0 atom stereocenters. The fourth-order valence-electron chi connectivity index (χ4n) is 1.82. The van der Waals surface area contributed by atoms with Crippen molar-refractivity contribution < 1.29 is 4.74 Å². The van der Waals surface area contributed by atoms with Gasteiger partial charge >= 0.3 is 0 Å². The maximum atomic E-state index is 9.00. The molecule has 0 aliphatic rings. The summed E-state index contributed by atoms with van der Waals surface area (Å²) in [7, 11) is 0. The molecule has 0 N–H and O–H groups in total. The van der Waals surface area contributed by atoms with Crippen LogP contribution < -0.4 is 4.74 Å². The lowest BCUT2D eigenvalue weighted by Crippen LogP contribution is -1.91. The Morgan fingerprint density at radius 3 is 2.45 bits per heavy atom. The molecule has 2 aromatic rings. The summed E-state index contributed by atoms with van der Waals surface area (Å²) >= 11 is 0. The van der Waals surface area contributed by atoms with Crippen LogP contribution in [0.2, 0.25) is 0 Å². The zero-order chi connectivity index (χ0) is 14.5. The fraction of sp³-hybridized carbons (Fsp3) is 0.0588. The highest BCUT2D eigenvalue weighted by atomic mass is 16.5. The molecule has 0 aromatic heterocycles. The van der Waals surface area contributed by atoms with E-state index in [0.717, 1.165) is 11.1 Å². The van der Waals surface area contributed by atoms with Gasteiger partial charge in [0.05, 0.1) is 11.1 Å². The molecule has 0 heterocycles. The number of nitrogens with zero attached hydrogens (tertiary/aromatic N) is 2. The fourth-order valence-corrected chi connectivity index (χ4v) is 1.82. The molecular weight excluding hydrogens is 248 g/mol. The standard InChI is InChI=1S/C17H12N2O/c1-3-13-8-12(2)4-7-17(13)20-16-6-5-14(10-18)15(9-16)11-19/h3-9H,1H2,2H3. The van der Waals surface area contributed by atoms with Crippen LogP contribution in [0.5, 0.6) is 11.5 Å². The first-order valence-electron chi connectivity index (χ1n) is 6.03. The van der Waals surface area contributed by atoms with E-state index < -0.39 is 0 Å². The number of rotatable bonds is 3. The van der Waals surface area contributed by atoms with Crippen LogP contribution in [0.1, 0.15) is 22.3 Å². The molecule has 0 aliphatic carbocycles. The largest absolute Gasteiger partial charge is 0.457 e. The minimum Gasteiger partial charge on any atom is -0.457 e. The van der Waals surface area contributed by atoms with E-state index in [4.69, 9.17) is 15.3 Å². The average Bonchev–Trinajstić information content (AvgIpc) is 2.48. The lowest BCUT2D eigenvalue weighted by atomic mass is 10.1. The van der Waals surface area contributed by atoms with Crippen molar-refractivity contribution in [2.75, 3.05) is 0 Å². The Labute approximate surface area is 118 Å². The van der Waals surface area contributed by atoms with Crippen molar-refractivity contribution in [3.8, 4) is 23.6 Å². The first-order valence-corrected chi connectivity index (χ1v) is 6.03. The monoisotopic (exact) mass is 260 g/mol. The molecule has 0 unspecified atom stereocenters. The number of hydrogen-bond donors (Lipinski definition) is 0. The second-order valence-electron chi connectivity index (χ2n) is 4.28. The van der Waals surface area contributed by atoms with Crippen molar-refractivity contribution in [1.82, 2.24) is 0 Å². The molecule has 2 rings (SSSR count). The van der Waals surface area contributed by atoms with Gasteiger partial charge in [0.1, 0.15) is 23.6 Å². The van der Waals surface area contributed by atoms with Gasteiger partial charge in [-0.25, -0.2) is 0 Å². The van der Waals surface area contributed by atoms with Crippen LogP contribution in [0.15, 0.2) is 43.0 Å². The third kappa shape index (κ3) is 2.68. The molecule has 3 heteroatoms. The Morgan fingerprint density at radius 2 is 1.80 bits per heavy atom. The molecule has 0 fully saturated rings. The Kier molecular flexibility index (Phi) is 3.84. The maximum absolute atomic E-state index is 9.00. The van der Waals surface area contributed by atoms with Gasteiger partial charge in [-0.2, -0.15) is 10.5 Å². The molecule has 0 radical (unpaired) electrons. The van der Waals surface area contributed by atoms with E-state index in [1.54, 1.807) is 24.3 Å². The van der Waals surface area contributed by atoms with Gasteiger partial charge in [0.15, 0.2) is 0 Å². The second kappa shape index (κ2) is 5.73. The van der Waals surface area contributed by atoms with E-state index in [2.05, 4.69) is 6.58 Å². The Balaban J connectivity index is 2.39. The smallest absolute Gasteiger partial charge is 0.134 e. The van der Waals surface area contributed by atoms with Gasteiger partial charge < -0.3 is 4.74 Å². The number of nitriles is 2. The van der Waals surface area contributed by atoms with Crippen LogP contribution in [0.4, 0.5) is 0 Å². The molecule has 0 bridgehead atoms. The molecule has 0 saturated heterocycles.